The van der Waals surface area contributed by atoms with Gasteiger partial charge in [-0.1, -0.05) is 30.3 Å². The summed E-state index contributed by atoms with van der Waals surface area (Å²) >= 11 is 0. The van der Waals surface area contributed by atoms with Crippen molar-refractivity contribution >= 4 is 17.6 Å². The number of nitro groups is 1. The van der Waals surface area contributed by atoms with Crippen LogP contribution in [0.1, 0.15) is 21.8 Å². The summed E-state index contributed by atoms with van der Waals surface area (Å²) in [5.41, 5.74) is 0.845. The number of hydrogen-bond acceptors (Lipinski definition) is 5. The molecule has 8 heteroatoms. The molecule has 0 spiro atoms. The number of carboxylic acids is 1. The van der Waals surface area contributed by atoms with Gasteiger partial charge in [-0.2, -0.15) is 0 Å². The van der Waals surface area contributed by atoms with Crippen LogP contribution in [0, 0.1) is 16.0 Å². The van der Waals surface area contributed by atoms with Crippen molar-refractivity contribution in [2.75, 3.05) is 20.2 Å². The second-order valence-electron chi connectivity index (χ2n) is 6.32. The SMILES string of the molecule is COc1cc(C(=O)N2C[C@H](C(=O)O)[C@H](c3ccccc3)C2)ccc1[N+](=O)[O-]. The highest BCUT2D eigenvalue weighted by molar-refractivity contribution is 5.96. The van der Waals surface area contributed by atoms with Gasteiger partial charge >= 0.3 is 11.7 Å². The van der Waals surface area contributed by atoms with Gasteiger partial charge in [-0.05, 0) is 11.6 Å². The lowest BCUT2D eigenvalue weighted by atomic mass is 9.89. The molecule has 1 saturated heterocycles. The van der Waals surface area contributed by atoms with E-state index in [1.165, 1.54) is 30.2 Å². The highest BCUT2D eigenvalue weighted by Gasteiger charge is 2.40. The number of rotatable bonds is 5. The molecule has 1 fully saturated rings. The van der Waals surface area contributed by atoms with Crippen molar-refractivity contribution < 1.29 is 24.4 Å². The molecule has 2 atom stereocenters. The molecule has 0 aliphatic carbocycles. The topological polar surface area (TPSA) is 110 Å². The van der Waals surface area contributed by atoms with E-state index in [0.717, 1.165) is 5.56 Å². The summed E-state index contributed by atoms with van der Waals surface area (Å²) < 4.78 is 5.00. The molecule has 27 heavy (non-hydrogen) atoms. The first-order valence-electron chi connectivity index (χ1n) is 8.31. The molecule has 3 rings (SSSR count). The van der Waals surface area contributed by atoms with Crippen molar-refractivity contribution in [2.45, 2.75) is 5.92 Å². The molecule has 1 aliphatic rings. The monoisotopic (exact) mass is 370 g/mol. The quantitative estimate of drug-likeness (QED) is 0.640. The van der Waals surface area contributed by atoms with E-state index in [0.29, 0.717) is 0 Å². The van der Waals surface area contributed by atoms with Gasteiger partial charge < -0.3 is 14.7 Å². The third-order valence-electron chi connectivity index (χ3n) is 4.78. The maximum atomic E-state index is 12.8. The molecule has 1 aliphatic heterocycles. The van der Waals surface area contributed by atoms with E-state index in [2.05, 4.69) is 0 Å². The maximum absolute atomic E-state index is 12.8. The number of carbonyl (C=O) groups is 2. The zero-order valence-corrected chi connectivity index (χ0v) is 14.6. The predicted octanol–water partition coefficient (Wildman–Crippen LogP) is 2.54. The third-order valence-corrected chi connectivity index (χ3v) is 4.78. The first-order valence-corrected chi connectivity index (χ1v) is 8.31. The summed E-state index contributed by atoms with van der Waals surface area (Å²) in [6.07, 6.45) is 0. The fourth-order valence-electron chi connectivity index (χ4n) is 3.40. The van der Waals surface area contributed by atoms with Crippen LogP contribution in [0.2, 0.25) is 0 Å². The summed E-state index contributed by atoms with van der Waals surface area (Å²) in [6, 6.07) is 13.1. The number of methoxy groups -OCH3 is 1. The van der Waals surface area contributed by atoms with E-state index in [4.69, 9.17) is 4.74 Å². The average molecular weight is 370 g/mol. The Morgan fingerprint density at radius 1 is 1.19 bits per heavy atom. The number of aliphatic carboxylic acids is 1. The smallest absolute Gasteiger partial charge is 0.310 e. The number of hydrogen-bond donors (Lipinski definition) is 1. The zero-order chi connectivity index (χ0) is 19.6. The fourth-order valence-corrected chi connectivity index (χ4v) is 3.40. The fraction of sp³-hybridized carbons (Fsp3) is 0.263. The number of benzene rings is 2. The van der Waals surface area contributed by atoms with Crippen molar-refractivity contribution in [3.8, 4) is 5.75 Å². The van der Waals surface area contributed by atoms with E-state index < -0.39 is 16.8 Å². The normalized spacial score (nSPS) is 18.9. The molecule has 8 nitrogen and oxygen atoms in total. The van der Waals surface area contributed by atoms with E-state index >= 15 is 0 Å². The van der Waals surface area contributed by atoms with E-state index in [-0.39, 0.29) is 41.9 Å². The van der Waals surface area contributed by atoms with Gasteiger partial charge in [0.05, 0.1) is 18.0 Å². The molecule has 0 radical (unpaired) electrons. The zero-order valence-electron chi connectivity index (χ0n) is 14.6. The maximum Gasteiger partial charge on any atom is 0.310 e. The minimum atomic E-state index is -0.958. The van der Waals surface area contributed by atoms with Gasteiger partial charge in [0.2, 0.25) is 0 Å². The van der Waals surface area contributed by atoms with Gasteiger partial charge in [0.15, 0.2) is 5.75 Å². The molecular weight excluding hydrogens is 352 g/mol. The van der Waals surface area contributed by atoms with Crippen LogP contribution in [0.5, 0.6) is 5.75 Å². The molecule has 2 aromatic rings. The number of amides is 1. The second-order valence-corrected chi connectivity index (χ2v) is 6.32. The minimum Gasteiger partial charge on any atom is -0.490 e. The molecule has 1 heterocycles. The van der Waals surface area contributed by atoms with Crippen LogP contribution < -0.4 is 4.74 Å². The number of nitro benzene ring substituents is 1. The van der Waals surface area contributed by atoms with Crippen LogP contribution in [-0.2, 0) is 4.79 Å². The van der Waals surface area contributed by atoms with E-state index in [9.17, 15) is 24.8 Å². The summed E-state index contributed by atoms with van der Waals surface area (Å²) in [4.78, 5) is 36.4. The average Bonchev–Trinajstić information content (AvgIpc) is 3.13. The Bertz CT molecular complexity index is 883. The van der Waals surface area contributed by atoms with Crippen molar-refractivity contribution in [3.63, 3.8) is 0 Å². The first kappa shape index (κ1) is 18.4. The lowest BCUT2D eigenvalue weighted by Crippen LogP contribution is -2.29. The Morgan fingerprint density at radius 2 is 1.89 bits per heavy atom. The van der Waals surface area contributed by atoms with Crippen molar-refractivity contribution in [1.29, 1.82) is 0 Å². The molecule has 0 aromatic heterocycles. The predicted molar refractivity (Wildman–Crippen MR) is 95.9 cm³/mol. The number of ether oxygens (including phenoxy) is 1. The van der Waals surface area contributed by atoms with Gasteiger partial charge in [-0.3, -0.25) is 19.7 Å². The standard InChI is InChI=1S/C19H18N2O6/c1-27-17-9-13(7-8-16(17)21(25)26)18(22)20-10-14(15(11-20)19(23)24)12-5-3-2-4-6-12/h2-9,14-15H,10-11H2,1H3,(H,23,24)/t14-,15-/m0/s1. The molecule has 0 bridgehead atoms. The summed E-state index contributed by atoms with van der Waals surface area (Å²) in [7, 11) is 1.29. The summed E-state index contributed by atoms with van der Waals surface area (Å²) in [6.45, 7) is 0.339. The van der Waals surface area contributed by atoms with Gasteiger partial charge in [0.25, 0.3) is 5.91 Å². The lowest BCUT2D eigenvalue weighted by molar-refractivity contribution is -0.385. The lowest BCUT2D eigenvalue weighted by Gasteiger charge is -2.17. The Kier molecular flexibility index (Phi) is 5.07. The van der Waals surface area contributed by atoms with E-state index in [1.807, 2.05) is 30.3 Å². The number of nitrogens with zero attached hydrogens (tertiary/aromatic N) is 2. The molecule has 0 unspecified atom stereocenters. The molecular formula is C19H18N2O6. The van der Waals surface area contributed by atoms with Crippen molar-refractivity contribution in [2.24, 2.45) is 5.92 Å². The van der Waals surface area contributed by atoms with Crippen LogP contribution in [0.15, 0.2) is 48.5 Å². The van der Waals surface area contributed by atoms with Crippen LogP contribution in [-0.4, -0.2) is 47.0 Å². The molecule has 1 amide bonds. The van der Waals surface area contributed by atoms with Gasteiger partial charge in [0, 0.05) is 36.7 Å². The Morgan fingerprint density at radius 3 is 2.48 bits per heavy atom. The first-order chi connectivity index (χ1) is 12.9. The molecule has 2 aromatic carbocycles. The highest BCUT2D eigenvalue weighted by atomic mass is 16.6. The second kappa shape index (κ2) is 7.45. The van der Waals surface area contributed by atoms with Crippen LogP contribution in [0.3, 0.4) is 0 Å². The van der Waals surface area contributed by atoms with Crippen molar-refractivity contribution in [1.82, 2.24) is 4.90 Å². The Hall–Kier alpha value is -3.42. The largest absolute Gasteiger partial charge is 0.490 e. The summed E-state index contributed by atoms with van der Waals surface area (Å²) in [5, 5.41) is 20.6. The Balaban J connectivity index is 1.87. The van der Waals surface area contributed by atoms with Crippen molar-refractivity contribution in [3.05, 3.63) is 69.8 Å². The summed E-state index contributed by atoms with van der Waals surface area (Å²) in [5.74, 6) is -2.38. The van der Waals surface area contributed by atoms with Crippen LogP contribution in [0.25, 0.3) is 0 Å². The van der Waals surface area contributed by atoms with Gasteiger partial charge in [-0.25, -0.2) is 0 Å². The number of carboxylic acid groups (broad SMARTS) is 1. The number of likely N-dealkylation sites (tertiary alicyclic amines) is 1. The molecule has 140 valence electrons. The van der Waals surface area contributed by atoms with Gasteiger partial charge in [0.1, 0.15) is 0 Å². The van der Waals surface area contributed by atoms with Crippen LogP contribution in [0.4, 0.5) is 5.69 Å². The van der Waals surface area contributed by atoms with E-state index in [1.54, 1.807) is 0 Å². The highest BCUT2D eigenvalue weighted by Crippen LogP contribution is 2.34. The molecule has 1 N–H and O–H groups in total. The number of carbonyl (C=O) groups excluding carboxylic acids is 1. The third kappa shape index (κ3) is 3.59. The Labute approximate surface area is 155 Å². The minimum absolute atomic E-state index is 0.0144. The van der Waals surface area contributed by atoms with Crippen LogP contribution >= 0.6 is 0 Å². The van der Waals surface area contributed by atoms with Gasteiger partial charge in [-0.15, -0.1) is 0 Å². The molecule has 0 saturated carbocycles.